The second kappa shape index (κ2) is 29.3. The van der Waals surface area contributed by atoms with Crippen molar-refractivity contribution in [3.8, 4) is 0 Å². The lowest BCUT2D eigenvalue weighted by atomic mass is 10.1. The lowest BCUT2D eigenvalue weighted by molar-refractivity contribution is -0.144. The summed E-state index contributed by atoms with van der Waals surface area (Å²) in [6.45, 7) is 5.59. The van der Waals surface area contributed by atoms with E-state index in [0.29, 0.717) is 46.1 Å². The van der Waals surface area contributed by atoms with E-state index in [2.05, 4.69) is 36.5 Å². The smallest absolute Gasteiger partial charge is 0.307 e. The fourth-order valence-corrected chi connectivity index (χ4v) is 5.16. The maximum absolute atomic E-state index is 12.8. The Bertz CT molecular complexity index is 789. The molecule has 0 aromatic rings. The SMILES string of the molecule is CCCCC/C=C\C/C=C\CCCCCCCCOC(=O)CC(CC=O)NC(=O)CN1C[C@H](OCCOC)[C@H](OCCOC)C1. The van der Waals surface area contributed by atoms with Crippen molar-refractivity contribution in [2.75, 3.05) is 66.9 Å². The Kier molecular flexibility index (Phi) is 26.6. The van der Waals surface area contributed by atoms with Crippen molar-refractivity contribution in [3.63, 3.8) is 0 Å². The molecule has 0 aromatic carbocycles. The molecule has 0 saturated carbocycles. The number of nitrogens with zero attached hydrogens (tertiary/aromatic N) is 1. The molecule has 10 heteroatoms. The lowest BCUT2D eigenvalue weighted by Crippen LogP contribution is -2.43. The molecular formula is C35H62N2O8. The number of unbranched alkanes of at least 4 members (excludes halogenated alkanes) is 9. The molecule has 1 unspecified atom stereocenters. The number of esters is 1. The maximum Gasteiger partial charge on any atom is 0.307 e. The highest BCUT2D eigenvalue weighted by atomic mass is 16.6. The summed E-state index contributed by atoms with van der Waals surface area (Å²) in [6, 6.07) is -0.594. The van der Waals surface area contributed by atoms with E-state index >= 15 is 0 Å². The molecule has 45 heavy (non-hydrogen) atoms. The van der Waals surface area contributed by atoms with Crippen LogP contribution >= 0.6 is 0 Å². The van der Waals surface area contributed by atoms with Gasteiger partial charge in [-0.2, -0.15) is 0 Å². The van der Waals surface area contributed by atoms with E-state index in [1.54, 1.807) is 14.2 Å². The van der Waals surface area contributed by atoms with Crippen molar-refractivity contribution in [2.45, 2.75) is 115 Å². The average molecular weight is 639 g/mol. The van der Waals surface area contributed by atoms with Crippen molar-refractivity contribution in [2.24, 2.45) is 0 Å². The topological polar surface area (TPSA) is 113 Å². The molecule has 1 amide bonds. The number of hydrogen-bond donors (Lipinski definition) is 1. The predicted molar refractivity (Wildman–Crippen MR) is 177 cm³/mol. The van der Waals surface area contributed by atoms with Crippen LogP contribution in [0.2, 0.25) is 0 Å². The summed E-state index contributed by atoms with van der Waals surface area (Å²) in [6.07, 6.45) is 23.3. The summed E-state index contributed by atoms with van der Waals surface area (Å²) in [5, 5.41) is 2.83. The fraction of sp³-hybridized carbons (Fsp3) is 0.800. The molecule has 1 fully saturated rings. The molecule has 1 rings (SSSR count). The molecule has 3 atom stereocenters. The van der Waals surface area contributed by atoms with Gasteiger partial charge in [0.2, 0.25) is 5.91 Å². The van der Waals surface area contributed by atoms with E-state index in [9.17, 15) is 14.4 Å². The number of rotatable bonds is 30. The fourth-order valence-electron chi connectivity index (χ4n) is 5.16. The van der Waals surface area contributed by atoms with E-state index in [-0.39, 0.29) is 37.5 Å². The standard InChI is InChI=1S/C35H62N2O8/c1-4-5-6-7-8-9-10-11-12-13-14-15-16-17-18-19-22-45-35(40)27-31(20-21-38)36-34(39)30-37-28-32(43-25-23-41-2)33(29-37)44-26-24-42-3/h8-9,11-12,21,31-33H,4-7,10,13-20,22-30H2,1-3H3,(H,36,39)/b9-8-,12-11-/t31?,32-,33+. The van der Waals surface area contributed by atoms with Crippen molar-refractivity contribution in [3.05, 3.63) is 24.3 Å². The van der Waals surface area contributed by atoms with E-state index in [4.69, 9.17) is 23.7 Å². The first-order valence-electron chi connectivity index (χ1n) is 17.2. The molecule has 0 aliphatic carbocycles. The normalized spacial score (nSPS) is 17.8. The molecule has 0 spiro atoms. The van der Waals surface area contributed by atoms with Gasteiger partial charge in [0.25, 0.3) is 0 Å². The molecule has 1 aliphatic rings. The van der Waals surface area contributed by atoms with Gasteiger partial charge in [0.15, 0.2) is 0 Å². The van der Waals surface area contributed by atoms with Crippen LogP contribution in [0, 0.1) is 0 Å². The number of nitrogens with one attached hydrogen (secondary N) is 1. The Morgan fingerprint density at radius 3 is 1.93 bits per heavy atom. The van der Waals surface area contributed by atoms with Gasteiger partial charge in [-0.25, -0.2) is 0 Å². The van der Waals surface area contributed by atoms with Crippen molar-refractivity contribution < 1.29 is 38.1 Å². The number of hydrogen-bond acceptors (Lipinski definition) is 9. The van der Waals surface area contributed by atoms with Gasteiger partial charge in [0, 0.05) is 39.8 Å². The maximum atomic E-state index is 12.8. The van der Waals surface area contributed by atoms with Crippen molar-refractivity contribution in [1.29, 1.82) is 0 Å². The summed E-state index contributed by atoms with van der Waals surface area (Å²) in [4.78, 5) is 38.3. The Morgan fingerprint density at radius 2 is 1.36 bits per heavy atom. The summed E-state index contributed by atoms with van der Waals surface area (Å²) in [7, 11) is 3.23. The van der Waals surface area contributed by atoms with Gasteiger partial charge in [-0.15, -0.1) is 0 Å². The number of likely N-dealkylation sites (tertiary alicyclic amines) is 1. The van der Waals surface area contributed by atoms with E-state index in [1.807, 2.05) is 4.90 Å². The second-order valence-corrected chi connectivity index (χ2v) is 11.7. The van der Waals surface area contributed by atoms with E-state index < -0.39 is 12.0 Å². The molecule has 1 heterocycles. The average Bonchev–Trinajstić information content (AvgIpc) is 3.39. The van der Waals surface area contributed by atoms with Crippen LogP contribution in [-0.2, 0) is 38.1 Å². The largest absolute Gasteiger partial charge is 0.466 e. The third kappa shape index (κ3) is 23.0. The van der Waals surface area contributed by atoms with Crippen LogP contribution in [0.3, 0.4) is 0 Å². The number of aldehydes is 1. The number of allylic oxidation sites excluding steroid dienone is 4. The minimum Gasteiger partial charge on any atom is -0.466 e. The van der Waals surface area contributed by atoms with Crippen LogP contribution in [0.5, 0.6) is 0 Å². The van der Waals surface area contributed by atoms with Crippen LogP contribution in [0.25, 0.3) is 0 Å². The summed E-state index contributed by atoms with van der Waals surface area (Å²) in [5.74, 6) is -0.655. The minimum atomic E-state index is -0.594. The Morgan fingerprint density at radius 1 is 0.778 bits per heavy atom. The zero-order valence-electron chi connectivity index (χ0n) is 28.4. The Labute approximate surface area is 272 Å². The van der Waals surface area contributed by atoms with Gasteiger partial charge in [-0.3, -0.25) is 14.5 Å². The molecular weight excluding hydrogens is 576 g/mol. The lowest BCUT2D eigenvalue weighted by Gasteiger charge is -2.19. The molecule has 0 radical (unpaired) electrons. The van der Waals surface area contributed by atoms with Crippen molar-refractivity contribution >= 4 is 18.2 Å². The molecule has 1 N–H and O–H groups in total. The molecule has 0 bridgehead atoms. The van der Waals surface area contributed by atoms with E-state index in [1.165, 1.54) is 44.9 Å². The van der Waals surface area contributed by atoms with Crippen LogP contribution in [0.15, 0.2) is 24.3 Å². The first-order valence-corrected chi connectivity index (χ1v) is 17.2. The highest BCUT2D eigenvalue weighted by Gasteiger charge is 2.35. The van der Waals surface area contributed by atoms with Gasteiger partial charge >= 0.3 is 5.97 Å². The monoisotopic (exact) mass is 638 g/mol. The molecule has 1 saturated heterocycles. The summed E-state index contributed by atoms with van der Waals surface area (Å²) in [5.41, 5.74) is 0. The highest BCUT2D eigenvalue weighted by Crippen LogP contribution is 2.17. The van der Waals surface area contributed by atoms with Crippen LogP contribution in [0.4, 0.5) is 0 Å². The van der Waals surface area contributed by atoms with Crippen LogP contribution in [-0.4, -0.2) is 108 Å². The van der Waals surface area contributed by atoms with Crippen LogP contribution < -0.4 is 5.32 Å². The molecule has 260 valence electrons. The van der Waals surface area contributed by atoms with Crippen molar-refractivity contribution in [1.82, 2.24) is 10.2 Å². The first kappa shape index (κ1) is 40.9. The summed E-state index contributed by atoms with van der Waals surface area (Å²) < 4.78 is 27.3. The van der Waals surface area contributed by atoms with E-state index in [0.717, 1.165) is 38.4 Å². The number of carbonyl (C=O) groups is 3. The van der Waals surface area contributed by atoms with Gasteiger partial charge in [0.1, 0.15) is 6.29 Å². The van der Waals surface area contributed by atoms with Gasteiger partial charge in [0.05, 0.1) is 58.2 Å². The Hall–Kier alpha value is -2.11. The number of amides is 1. The molecule has 0 aromatic heterocycles. The number of methoxy groups -OCH3 is 2. The first-order chi connectivity index (χ1) is 22.0. The second-order valence-electron chi connectivity index (χ2n) is 11.7. The zero-order chi connectivity index (χ0) is 32.8. The number of carbonyl (C=O) groups excluding carboxylic acids is 3. The summed E-state index contributed by atoms with van der Waals surface area (Å²) >= 11 is 0. The molecule has 10 nitrogen and oxygen atoms in total. The minimum absolute atomic E-state index is 0.0296. The van der Waals surface area contributed by atoms with Crippen LogP contribution in [0.1, 0.15) is 96.8 Å². The zero-order valence-corrected chi connectivity index (χ0v) is 28.4. The quantitative estimate of drug-likeness (QED) is 0.0492. The predicted octanol–water partition coefficient (Wildman–Crippen LogP) is 5.19. The van der Waals surface area contributed by atoms with Gasteiger partial charge in [-0.05, 0) is 38.5 Å². The Balaban J connectivity index is 2.20. The third-order valence-corrected chi connectivity index (χ3v) is 7.66. The number of ether oxygens (including phenoxy) is 5. The van der Waals surface area contributed by atoms with Gasteiger partial charge in [-0.1, -0.05) is 69.8 Å². The van der Waals surface area contributed by atoms with Gasteiger partial charge < -0.3 is 33.8 Å². The third-order valence-electron chi connectivity index (χ3n) is 7.66. The highest BCUT2D eigenvalue weighted by molar-refractivity contribution is 5.80. The molecule has 1 aliphatic heterocycles.